The number of fused-ring (bicyclic) bond motifs is 1. The van der Waals surface area contributed by atoms with Crippen molar-refractivity contribution in [1.29, 1.82) is 0 Å². The van der Waals surface area contributed by atoms with Gasteiger partial charge in [0.05, 0.1) is 18.4 Å². The number of rotatable bonds is 5. The van der Waals surface area contributed by atoms with E-state index in [1.54, 1.807) is 7.11 Å². The van der Waals surface area contributed by atoms with Gasteiger partial charge in [-0.3, -0.25) is 4.90 Å². The Balaban J connectivity index is 1.71. The Kier molecular flexibility index (Phi) is 4.73. The van der Waals surface area contributed by atoms with E-state index in [0.717, 1.165) is 24.2 Å². The molecule has 1 N–H and O–H groups in total. The van der Waals surface area contributed by atoms with Gasteiger partial charge < -0.3 is 10.1 Å². The highest BCUT2D eigenvalue weighted by atomic mass is 16.5. The Hall–Kier alpha value is -1.07. The second-order valence-corrected chi connectivity index (χ2v) is 7.03. The van der Waals surface area contributed by atoms with E-state index >= 15 is 0 Å². The predicted molar refractivity (Wildman–Crippen MR) is 88.3 cm³/mol. The van der Waals surface area contributed by atoms with Crippen LogP contribution >= 0.6 is 0 Å². The highest BCUT2D eigenvalue weighted by molar-refractivity contribution is 5.33. The number of hydrogen-bond acceptors (Lipinski definition) is 4. The molecule has 2 aliphatic heterocycles. The maximum absolute atomic E-state index is 5.58. The van der Waals surface area contributed by atoms with Crippen molar-refractivity contribution in [2.75, 3.05) is 20.2 Å². The molecule has 22 heavy (non-hydrogen) atoms. The number of nitrogens with one attached hydrogen (secondary N) is 1. The average molecular weight is 306 g/mol. The second kappa shape index (κ2) is 6.59. The van der Waals surface area contributed by atoms with Crippen LogP contribution in [-0.2, 0) is 13.6 Å². The Morgan fingerprint density at radius 3 is 2.82 bits per heavy atom. The van der Waals surface area contributed by atoms with Crippen molar-refractivity contribution >= 4 is 0 Å². The van der Waals surface area contributed by atoms with Crippen LogP contribution in [0, 0.1) is 0 Å². The maximum Gasteiger partial charge on any atom is 0.216 e. The minimum atomic E-state index is 0.418. The quantitative estimate of drug-likeness (QED) is 0.906. The summed E-state index contributed by atoms with van der Waals surface area (Å²) in [5, 5.41) is 8.45. The first-order chi connectivity index (χ1) is 10.6. The van der Waals surface area contributed by atoms with Gasteiger partial charge >= 0.3 is 0 Å². The van der Waals surface area contributed by atoms with Crippen LogP contribution in [0.5, 0.6) is 5.88 Å². The zero-order chi connectivity index (χ0) is 15.7. The lowest BCUT2D eigenvalue weighted by Gasteiger charge is -2.32. The van der Waals surface area contributed by atoms with Gasteiger partial charge in [0.25, 0.3) is 0 Å². The van der Waals surface area contributed by atoms with Crippen LogP contribution in [0.3, 0.4) is 0 Å². The summed E-state index contributed by atoms with van der Waals surface area (Å²) >= 11 is 0. The van der Waals surface area contributed by atoms with Crippen LogP contribution in [0.1, 0.15) is 56.7 Å². The van der Waals surface area contributed by atoms with Gasteiger partial charge in [-0.1, -0.05) is 20.3 Å². The highest BCUT2D eigenvalue weighted by Gasteiger charge is 2.35. The predicted octanol–water partition coefficient (Wildman–Crippen LogP) is 2.27. The lowest BCUT2D eigenvalue weighted by molar-refractivity contribution is 0.180. The molecule has 0 radical (unpaired) electrons. The lowest BCUT2D eigenvalue weighted by Crippen LogP contribution is -2.44. The molecule has 0 aliphatic carbocycles. The monoisotopic (exact) mass is 306 g/mol. The topological polar surface area (TPSA) is 42.3 Å². The van der Waals surface area contributed by atoms with Gasteiger partial charge in [0, 0.05) is 32.2 Å². The molecule has 2 aliphatic rings. The molecule has 3 heterocycles. The summed E-state index contributed by atoms with van der Waals surface area (Å²) in [5.74, 6) is 1.32. The average Bonchev–Trinajstić information content (AvgIpc) is 3.06. The largest absolute Gasteiger partial charge is 0.481 e. The zero-order valence-corrected chi connectivity index (χ0v) is 14.4. The van der Waals surface area contributed by atoms with Crippen molar-refractivity contribution in [2.45, 2.75) is 64.1 Å². The van der Waals surface area contributed by atoms with Crippen LogP contribution in [0.2, 0.25) is 0 Å². The summed E-state index contributed by atoms with van der Waals surface area (Å²) in [4.78, 5) is 2.67. The molecule has 0 spiro atoms. The van der Waals surface area contributed by atoms with E-state index in [9.17, 15) is 0 Å². The van der Waals surface area contributed by atoms with Crippen LogP contribution < -0.4 is 10.1 Å². The van der Waals surface area contributed by atoms with Crippen molar-refractivity contribution in [1.82, 2.24) is 20.0 Å². The van der Waals surface area contributed by atoms with Crippen molar-refractivity contribution in [2.24, 2.45) is 7.05 Å². The molecule has 1 aromatic heterocycles. The van der Waals surface area contributed by atoms with Gasteiger partial charge in [-0.2, -0.15) is 5.10 Å². The molecule has 0 bridgehead atoms. The molecule has 124 valence electrons. The van der Waals surface area contributed by atoms with Crippen molar-refractivity contribution in [3.8, 4) is 5.88 Å². The van der Waals surface area contributed by atoms with Gasteiger partial charge in [0.1, 0.15) is 0 Å². The van der Waals surface area contributed by atoms with E-state index in [-0.39, 0.29) is 0 Å². The smallest absolute Gasteiger partial charge is 0.216 e. The lowest BCUT2D eigenvalue weighted by atomic mass is 9.98. The Labute approximate surface area is 134 Å². The number of piperidine rings is 1. The molecule has 2 fully saturated rings. The van der Waals surface area contributed by atoms with E-state index < -0.39 is 0 Å². The second-order valence-electron chi connectivity index (χ2n) is 7.03. The molecule has 2 atom stereocenters. The van der Waals surface area contributed by atoms with E-state index in [2.05, 4.69) is 29.2 Å². The van der Waals surface area contributed by atoms with E-state index in [0.29, 0.717) is 12.0 Å². The molecular formula is C17H30N4O. The number of methoxy groups -OCH3 is 1. The van der Waals surface area contributed by atoms with Gasteiger partial charge in [-0.15, -0.1) is 0 Å². The molecule has 3 rings (SSSR count). The summed E-state index contributed by atoms with van der Waals surface area (Å²) in [6.45, 7) is 7.80. The first kappa shape index (κ1) is 15.8. The van der Waals surface area contributed by atoms with E-state index in [1.165, 1.54) is 44.3 Å². The van der Waals surface area contributed by atoms with Crippen LogP contribution in [0.15, 0.2) is 0 Å². The van der Waals surface area contributed by atoms with Crippen molar-refractivity contribution in [3.63, 3.8) is 0 Å². The molecule has 0 aromatic carbocycles. The molecule has 2 unspecified atom stereocenters. The fraction of sp³-hybridized carbons (Fsp3) is 0.824. The Morgan fingerprint density at radius 1 is 1.27 bits per heavy atom. The normalized spacial score (nSPS) is 25.7. The highest BCUT2D eigenvalue weighted by Crippen LogP contribution is 2.30. The van der Waals surface area contributed by atoms with E-state index in [1.807, 2.05) is 11.7 Å². The number of hydrogen-bond donors (Lipinski definition) is 1. The standard InChI is InChI=1S/C17H30N4O/c1-12(2)16-13(17(22-4)20(3)19-16)11-18-14-8-10-21-9-6-5-7-15(14)21/h12,14-15,18H,5-11H2,1-4H3. The minimum Gasteiger partial charge on any atom is -0.481 e. The Bertz CT molecular complexity index is 511. The minimum absolute atomic E-state index is 0.418. The van der Waals surface area contributed by atoms with Crippen molar-refractivity contribution < 1.29 is 4.74 Å². The third-order valence-electron chi connectivity index (χ3n) is 5.26. The summed E-state index contributed by atoms with van der Waals surface area (Å²) in [7, 11) is 3.70. The summed E-state index contributed by atoms with van der Waals surface area (Å²) in [6.07, 6.45) is 5.37. The Morgan fingerprint density at radius 2 is 2.09 bits per heavy atom. The van der Waals surface area contributed by atoms with Gasteiger partial charge in [-0.25, -0.2) is 4.68 Å². The fourth-order valence-electron chi connectivity index (χ4n) is 4.18. The molecular weight excluding hydrogens is 276 g/mol. The van der Waals surface area contributed by atoms with Crippen molar-refractivity contribution in [3.05, 3.63) is 11.3 Å². The van der Waals surface area contributed by atoms with Gasteiger partial charge in [0.15, 0.2) is 0 Å². The van der Waals surface area contributed by atoms with Gasteiger partial charge in [0.2, 0.25) is 5.88 Å². The molecule has 0 amide bonds. The third-order valence-corrected chi connectivity index (χ3v) is 5.26. The first-order valence-electron chi connectivity index (χ1n) is 8.69. The first-order valence-corrected chi connectivity index (χ1v) is 8.69. The fourth-order valence-corrected chi connectivity index (χ4v) is 4.18. The number of ether oxygens (including phenoxy) is 1. The maximum atomic E-state index is 5.58. The third kappa shape index (κ3) is 2.88. The van der Waals surface area contributed by atoms with E-state index in [4.69, 9.17) is 4.74 Å². The number of aryl methyl sites for hydroxylation is 1. The zero-order valence-electron chi connectivity index (χ0n) is 14.4. The number of aromatic nitrogens is 2. The summed E-state index contributed by atoms with van der Waals surface area (Å²) in [6, 6.07) is 1.35. The SMILES string of the molecule is COc1c(CNC2CCN3CCCCC23)c(C(C)C)nn1C. The summed E-state index contributed by atoms with van der Waals surface area (Å²) < 4.78 is 7.45. The van der Waals surface area contributed by atoms with Crippen LogP contribution in [0.25, 0.3) is 0 Å². The molecule has 2 saturated heterocycles. The summed E-state index contributed by atoms with van der Waals surface area (Å²) in [5.41, 5.74) is 2.39. The molecule has 5 heteroatoms. The molecule has 1 aromatic rings. The van der Waals surface area contributed by atoms with Gasteiger partial charge in [-0.05, 0) is 31.7 Å². The molecule has 0 saturated carbocycles. The van der Waals surface area contributed by atoms with Crippen LogP contribution in [-0.4, -0.2) is 47.0 Å². The van der Waals surface area contributed by atoms with Crippen LogP contribution in [0.4, 0.5) is 0 Å². The molecule has 5 nitrogen and oxygen atoms in total. The number of nitrogens with zero attached hydrogens (tertiary/aromatic N) is 3.